The average Bonchev–Trinajstić information content (AvgIpc) is 3.17. The first-order chi connectivity index (χ1) is 14.5. The number of hydrogen-bond donors (Lipinski definition) is 2. The van der Waals surface area contributed by atoms with E-state index in [1.165, 1.54) is 12.1 Å². The Labute approximate surface area is 178 Å². The number of carbonyl (C=O) groups excluding carboxylic acids is 1. The van der Waals surface area contributed by atoms with Gasteiger partial charge in [0.15, 0.2) is 0 Å². The van der Waals surface area contributed by atoms with Crippen molar-refractivity contribution in [3.8, 4) is 11.1 Å². The van der Waals surface area contributed by atoms with Crippen LogP contribution < -0.4 is 10.9 Å². The number of hydrogen-bond acceptors (Lipinski definition) is 4. The second-order valence-electron chi connectivity index (χ2n) is 6.76. The zero-order valence-electron chi connectivity index (χ0n) is 16.4. The van der Waals surface area contributed by atoms with E-state index in [0.29, 0.717) is 42.2 Å². The molecule has 1 heterocycles. The van der Waals surface area contributed by atoms with Crippen molar-refractivity contribution in [3.63, 3.8) is 0 Å². The number of nitrogens with one attached hydrogen (secondary N) is 2. The lowest BCUT2D eigenvalue weighted by atomic mass is 9.99. The summed E-state index contributed by atoms with van der Waals surface area (Å²) in [6.07, 6.45) is 1.12. The van der Waals surface area contributed by atoms with E-state index in [2.05, 4.69) is 10.5 Å². The van der Waals surface area contributed by atoms with Crippen molar-refractivity contribution in [3.05, 3.63) is 81.0 Å². The van der Waals surface area contributed by atoms with E-state index < -0.39 is 11.5 Å². The predicted octanol–water partition coefficient (Wildman–Crippen LogP) is 4.20. The summed E-state index contributed by atoms with van der Waals surface area (Å²) in [7, 11) is 0. The fraction of sp³-hybridized carbons (Fsp3) is 0.273. The lowest BCUT2D eigenvalue weighted by Gasteiger charge is -2.18. The van der Waals surface area contributed by atoms with E-state index >= 15 is 0 Å². The molecule has 1 atom stereocenters. The molecular weight excluding hydrogens is 411 g/mol. The van der Waals surface area contributed by atoms with Crippen molar-refractivity contribution >= 4 is 17.5 Å². The Hall–Kier alpha value is -2.90. The number of benzene rings is 2. The summed E-state index contributed by atoms with van der Waals surface area (Å²) in [6, 6.07) is 12.7. The lowest BCUT2D eigenvalue weighted by Crippen LogP contribution is -2.37. The third-order valence-corrected chi connectivity index (χ3v) is 4.81. The SMILES string of the molecule is CCOCC[C@@H](Cc1ccc(-c2cc(Cl)ccc2F)cc1)NC(=O)c1cc(=O)[nH]o1. The van der Waals surface area contributed by atoms with Gasteiger partial charge in [-0.05, 0) is 49.1 Å². The highest BCUT2D eigenvalue weighted by molar-refractivity contribution is 6.30. The molecule has 0 aliphatic heterocycles. The van der Waals surface area contributed by atoms with Gasteiger partial charge in [-0.1, -0.05) is 35.9 Å². The molecule has 0 fully saturated rings. The second kappa shape index (κ2) is 10.2. The molecule has 0 saturated heterocycles. The summed E-state index contributed by atoms with van der Waals surface area (Å²) in [5, 5.41) is 5.43. The Morgan fingerprint density at radius 2 is 2.00 bits per heavy atom. The number of aromatic amines is 1. The van der Waals surface area contributed by atoms with E-state index in [9.17, 15) is 14.0 Å². The zero-order valence-corrected chi connectivity index (χ0v) is 17.2. The first-order valence-electron chi connectivity index (χ1n) is 9.57. The molecule has 0 saturated carbocycles. The molecule has 0 aliphatic rings. The Balaban J connectivity index is 1.72. The van der Waals surface area contributed by atoms with Crippen LogP contribution in [0.25, 0.3) is 11.1 Å². The number of halogens is 2. The van der Waals surface area contributed by atoms with Gasteiger partial charge in [0.1, 0.15) is 5.82 Å². The van der Waals surface area contributed by atoms with Crippen molar-refractivity contribution in [2.24, 2.45) is 0 Å². The summed E-state index contributed by atoms with van der Waals surface area (Å²) in [6.45, 7) is 2.95. The van der Waals surface area contributed by atoms with Gasteiger partial charge < -0.3 is 14.6 Å². The minimum atomic E-state index is -0.479. The summed E-state index contributed by atoms with van der Waals surface area (Å²) in [5.74, 6) is -0.900. The van der Waals surface area contributed by atoms with Crippen LogP contribution in [-0.2, 0) is 11.2 Å². The zero-order chi connectivity index (χ0) is 21.5. The number of H-pyrrole nitrogens is 1. The van der Waals surface area contributed by atoms with Crippen LogP contribution >= 0.6 is 11.6 Å². The van der Waals surface area contributed by atoms with Crippen LogP contribution in [0.4, 0.5) is 4.39 Å². The molecule has 3 rings (SSSR count). The topological polar surface area (TPSA) is 84.3 Å². The molecule has 158 valence electrons. The molecule has 30 heavy (non-hydrogen) atoms. The van der Waals surface area contributed by atoms with Crippen LogP contribution in [0.3, 0.4) is 0 Å². The summed E-state index contributed by atoms with van der Waals surface area (Å²) >= 11 is 5.98. The monoisotopic (exact) mass is 432 g/mol. The molecular formula is C22H22ClFN2O4. The lowest BCUT2D eigenvalue weighted by molar-refractivity contribution is 0.0878. The first-order valence-corrected chi connectivity index (χ1v) is 9.95. The minimum Gasteiger partial charge on any atom is -0.382 e. The Morgan fingerprint density at radius 1 is 1.23 bits per heavy atom. The average molecular weight is 433 g/mol. The van der Waals surface area contributed by atoms with Gasteiger partial charge in [0.25, 0.3) is 11.5 Å². The molecule has 1 aromatic heterocycles. The summed E-state index contributed by atoms with van der Waals surface area (Å²) in [5.41, 5.74) is 1.62. The fourth-order valence-electron chi connectivity index (χ4n) is 3.07. The van der Waals surface area contributed by atoms with Crippen molar-refractivity contribution < 1.29 is 18.4 Å². The predicted molar refractivity (Wildman–Crippen MR) is 112 cm³/mol. The number of rotatable bonds is 9. The molecule has 0 aliphatic carbocycles. The number of amides is 1. The van der Waals surface area contributed by atoms with E-state index in [4.69, 9.17) is 20.9 Å². The molecule has 0 unspecified atom stereocenters. The molecule has 3 aromatic rings. The highest BCUT2D eigenvalue weighted by Gasteiger charge is 2.18. The Kier molecular flexibility index (Phi) is 7.43. The summed E-state index contributed by atoms with van der Waals surface area (Å²) < 4.78 is 24.4. The van der Waals surface area contributed by atoms with Gasteiger partial charge in [0.05, 0.1) is 6.07 Å². The highest BCUT2D eigenvalue weighted by atomic mass is 35.5. The van der Waals surface area contributed by atoms with Crippen molar-refractivity contribution in [2.75, 3.05) is 13.2 Å². The van der Waals surface area contributed by atoms with Gasteiger partial charge in [0.2, 0.25) is 5.76 Å². The molecule has 6 nitrogen and oxygen atoms in total. The normalized spacial score (nSPS) is 12.0. The van der Waals surface area contributed by atoms with Crippen molar-refractivity contribution in [2.45, 2.75) is 25.8 Å². The van der Waals surface area contributed by atoms with Crippen LogP contribution in [0.15, 0.2) is 57.8 Å². The van der Waals surface area contributed by atoms with Gasteiger partial charge in [-0.25, -0.2) is 4.39 Å². The number of carbonyl (C=O) groups is 1. The quantitative estimate of drug-likeness (QED) is 0.496. The van der Waals surface area contributed by atoms with Gasteiger partial charge in [-0.2, -0.15) is 5.16 Å². The second-order valence-corrected chi connectivity index (χ2v) is 7.19. The van der Waals surface area contributed by atoms with E-state index in [-0.39, 0.29) is 17.6 Å². The van der Waals surface area contributed by atoms with Gasteiger partial charge >= 0.3 is 0 Å². The molecule has 0 spiro atoms. The maximum absolute atomic E-state index is 14.1. The van der Waals surface area contributed by atoms with Crippen LogP contribution in [0.5, 0.6) is 0 Å². The third-order valence-electron chi connectivity index (χ3n) is 4.57. The number of ether oxygens (including phenoxy) is 1. The van der Waals surface area contributed by atoms with Crippen molar-refractivity contribution in [1.29, 1.82) is 0 Å². The van der Waals surface area contributed by atoms with Crippen LogP contribution in [-0.4, -0.2) is 30.3 Å². The van der Waals surface area contributed by atoms with Gasteiger partial charge in [0, 0.05) is 29.8 Å². The minimum absolute atomic E-state index is 0.0758. The Bertz CT molecular complexity index is 1050. The Morgan fingerprint density at radius 3 is 2.67 bits per heavy atom. The molecule has 1 amide bonds. The van der Waals surface area contributed by atoms with E-state index in [1.807, 2.05) is 31.2 Å². The van der Waals surface area contributed by atoms with E-state index in [1.54, 1.807) is 6.07 Å². The van der Waals surface area contributed by atoms with Crippen LogP contribution in [0, 0.1) is 5.82 Å². The highest BCUT2D eigenvalue weighted by Crippen LogP contribution is 2.26. The van der Waals surface area contributed by atoms with E-state index in [0.717, 1.165) is 11.6 Å². The van der Waals surface area contributed by atoms with Crippen molar-refractivity contribution in [1.82, 2.24) is 10.5 Å². The van der Waals surface area contributed by atoms with Gasteiger partial charge in [-0.15, -0.1) is 0 Å². The van der Waals surface area contributed by atoms with Crippen LogP contribution in [0.1, 0.15) is 29.5 Å². The molecule has 2 N–H and O–H groups in total. The fourth-order valence-corrected chi connectivity index (χ4v) is 3.24. The molecule has 0 bridgehead atoms. The standard InChI is InChI=1S/C22H22ClFN2O4/c1-2-29-10-9-17(25-22(28)20-13-21(27)26-30-20)11-14-3-5-15(6-4-14)18-12-16(23)7-8-19(18)24/h3-8,12-13,17H,2,9-11H2,1H3,(H,25,28)(H,26,27)/t17-/m0/s1. The largest absolute Gasteiger partial charge is 0.382 e. The maximum atomic E-state index is 14.1. The van der Waals surface area contributed by atoms with Crippen LogP contribution in [0.2, 0.25) is 5.02 Å². The molecule has 0 radical (unpaired) electrons. The molecule has 8 heteroatoms. The smallest absolute Gasteiger partial charge is 0.290 e. The molecule has 2 aromatic carbocycles. The summed E-state index contributed by atoms with van der Waals surface area (Å²) in [4.78, 5) is 23.5. The van der Waals surface area contributed by atoms with Gasteiger partial charge in [-0.3, -0.25) is 9.59 Å². The third kappa shape index (κ3) is 5.81. The first kappa shape index (κ1) is 21.8. The maximum Gasteiger partial charge on any atom is 0.290 e. The number of aromatic nitrogens is 1.